The number of hydrogen-bond donors (Lipinski definition) is 1. The van der Waals surface area contributed by atoms with Crippen molar-refractivity contribution in [2.24, 2.45) is 0 Å². The zero-order valence-corrected chi connectivity index (χ0v) is 10.9. The summed E-state index contributed by atoms with van der Waals surface area (Å²) in [5, 5.41) is 0.773. The summed E-state index contributed by atoms with van der Waals surface area (Å²) in [5.41, 5.74) is 9.41. The zero-order valence-electron chi connectivity index (χ0n) is 10.1. The molecule has 2 N–H and O–H groups in total. The van der Waals surface area contributed by atoms with E-state index in [-0.39, 0.29) is 0 Å². The van der Waals surface area contributed by atoms with Crippen LogP contribution < -0.4 is 10.6 Å². The van der Waals surface area contributed by atoms with Gasteiger partial charge in [-0.2, -0.15) is 11.8 Å². The van der Waals surface area contributed by atoms with Crippen LogP contribution in [0.5, 0.6) is 0 Å². The minimum atomic E-state index is 0.773. The molecule has 3 heteroatoms. The van der Waals surface area contributed by atoms with Crippen LogP contribution in [0.15, 0.2) is 18.2 Å². The summed E-state index contributed by atoms with van der Waals surface area (Å²) >= 11 is 2.10. The van der Waals surface area contributed by atoms with Crippen molar-refractivity contribution in [2.45, 2.75) is 25.5 Å². The lowest BCUT2D eigenvalue weighted by Crippen LogP contribution is -2.38. The van der Waals surface area contributed by atoms with Gasteiger partial charge in [0, 0.05) is 35.5 Å². The lowest BCUT2D eigenvalue weighted by Gasteiger charge is -2.34. The Kier molecular flexibility index (Phi) is 3.64. The molecular weight excluding hydrogens is 216 g/mol. The number of anilines is 2. The predicted molar refractivity (Wildman–Crippen MR) is 74.3 cm³/mol. The highest BCUT2D eigenvalue weighted by Crippen LogP contribution is 2.30. The van der Waals surface area contributed by atoms with Crippen molar-refractivity contribution >= 4 is 23.1 Å². The molecule has 0 spiro atoms. The second-order valence-electron chi connectivity index (χ2n) is 4.34. The van der Waals surface area contributed by atoms with Gasteiger partial charge in [-0.15, -0.1) is 0 Å². The fourth-order valence-corrected chi connectivity index (χ4v) is 3.35. The van der Waals surface area contributed by atoms with Gasteiger partial charge in [-0.1, -0.05) is 13.0 Å². The first-order chi connectivity index (χ1) is 7.72. The number of thioether (sulfide) groups is 1. The monoisotopic (exact) mass is 236 g/mol. The molecule has 0 radical (unpaired) electrons. The topological polar surface area (TPSA) is 29.3 Å². The van der Waals surface area contributed by atoms with Gasteiger partial charge in [-0.05, 0) is 31.0 Å². The highest BCUT2D eigenvalue weighted by atomic mass is 32.2. The normalized spacial score (nSPS) is 21.1. The number of nitrogens with two attached hydrogens (primary N) is 1. The first-order valence-corrected chi connectivity index (χ1v) is 6.99. The van der Waals surface area contributed by atoms with E-state index in [1.54, 1.807) is 0 Å². The van der Waals surface area contributed by atoms with Crippen LogP contribution in [0, 0.1) is 6.92 Å². The summed E-state index contributed by atoms with van der Waals surface area (Å²) in [5.74, 6) is 1.23. The van der Waals surface area contributed by atoms with Gasteiger partial charge in [0.05, 0.1) is 0 Å². The molecule has 1 fully saturated rings. The minimum Gasteiger partial charge on any atom is -0.398 e. The Hall–Kier alpha value is -0.830. The average molecular weight is 236 g/mol. The fourth-order valence-electron chi connectivity index (χ4n) is 2.17. The van der Waals surface area contributed by atoms with Crippen LogP contribution in [0.25, 0.3) is 0 Å². The molecule has 1 aliphatic rings. The fraction of sp³-hybridized carbons (Fsp3) is 0.538. The Balaban J connectivity index is 2.20. The molecule has 0 bridgehead atoms. The summed E-state index contributed by atoms with van der Waals surface area (Å²) in [7, 11) is 0. The van der Waals surface area contributed by atoms with Crippen LogP contribution in [0.1, 0.15) is 18.9 Å². The van der Waals surface area contributed by atoms with Gasteiger partial charge in [0.15, 0.2) is 0 Å². The summed E-state index contributed by atoms with van der Waals surface area (Å²) in [6, 6.07) is 6.23. The Bertz CT molecular complexity index is 365. The van der Waals surface area contributed by atoms with Gasteiger partial charge in [-0.3, -0.25) is 0 Å². The van der Waals surface area contributed by atoms with E-state index in [1.807, 2.05) is 6.07 Å². The standard InChI is InChI=1S/C13H20N2S/c1-3-11-9-15(7-8-16-11)13-6-4-5-12(14)10(13)2/h4-6,11H,3,7-9,14H2,1-2H3. The SMILES string of the molecule is CCC1CN(c2cccc(N)c2C)CCS1. The van der Waals surface area contributed by atoms with Crippen LogP contribution in [0.4, 0.5) is 11.4 Å². The predicted octanol–water partition coefficient (Wildman–Crippen LogP) is 2.91. The highest BCUT2D eigenvalue weighted by Gasteiger charge is 2.20. The number of nitrogen functional groups attached to an aromatic ring is 1. The second kappa shape index (κ2) is 5.00. The first kappa shape index (κ1) is 11.6. The Labute approximate surface area is 102 Å². The summed E-state index contributed by atoms with van der Waals surface area (Å²) in [4.78, 5) is 2.48. The maximum absolute atomic E-state index is 5.96. The van der Waals surface area contributed by atoms with E-state index in [0.29, 0.717) is 0 Å². The van der Waals surface area contributed by atoms with Crippen molar-refractivity contribution in [1.82, 2.24) is 0 Å². The average Bonchev–Trinajstić information content (AvgIpc) is 2.33. The van der Waals surface area contributed by atoms with E-state index in [1.165, 1.54) is 23.4 Å². The smallest absolute Gasteiger partial charge is 0.0417 e. The van der Waals surface area contributed by atoms with Crippen LogP contribution >= 0.6 is 11.8 Å². The van der Waals surface area contributed by atoms with Crippen LogP contribution in [0.2, 0.25) is 0 Å². The van der Waals surface area contributed by atoms with E-state index in [0.717, 1.165) is 24.0 Å². The van der Waals surface area contributed by atoms with E-state index in [4.69, 9.17) is 5.73 Å². The van der Waals surface area contributed by atoms with E-state index < -0.39 is 0 Å². The molecule has 0 amide bonds. The minimum absolute atomic E-state index is 0.773. The Morgan fingerprint density at radius 2 is 2.31 bits per heavy atom. The first-order valence-electron chi connectivity index (χ1n) is 5.94. The maximum atomic E-state index is 5.96. The van der Waals surface area contributed by atoms with E-state index in [9.17, 15) is 0 Å². The quantitative estimate of drug-likeness (QED) is 0.801. The highest BCUT2D eigenvalue weighted by molar-refractivity contribution is 8.00. The molecule has 2 nitrogen and oxygen atoms in total. The van der Waals surface area contributed by atoms with Crippen molar-refractivity contribution in [3.63, 3.8) is 0 Å². The van der Waals surface area contributed by atoms with Gasteiger partial charge < -0.3 is 10.6 Å². The molecule has 2 rings (SSSR count). The van der Waals surface area contributed by atoms with Gasteiger partial charge in [0.1, 0.15) is 0 Å². The van der Waals surface area contributed by atoms with Gasteiger partial charge in [0.2, 0.25) is 0 Å². The van der Waals surface area contributed by atoms with Crippen molar-refractivity contribution in [1.29, 1.82) is 0 Å². The van der Waals surface area contributed by atoms with E-state index >= 15 is 0 Å². The van der Waals surface area contributed by atoms with Crippen molar-refractivity contribution in [3.8, 4) is 0 Å². The largest absolute Gasteiger partial charge is 0.398 e. The number of benzene rings is 1. The molecule has 1 atom stereocenters. The van der Waals surface area contributed by atoms with Crippen molar-refractivity contribution < 1.29 is 0 Å². The molecule has 1 aliphatic heterocycles. The summed E-state index contributed by atoms with van der Waals surface area (Å²) < 4.78 is 0. The molecular formula is C13H20N2S. The Morgan fingerprint density at radius 3 is 3.06 bits per heavy atom. The van der Waals surface area contributed by atoms with Gasteiger partial charge in [0.25, 0.3) is 0 Å². The van der Waals surface area contributed by atoms with E-state index in [2.05, 4.69) is 42.6 Å². The van der Waals surface area contributed by atoms with Crippen LogP contribution in [-0.4, -0.2) is 24.1 Å². The van der Waals surface area contributed by atoms with Gasteiger partial charge in [-0.25, -0.2) is 0 Å². The second-order valence-corrected chi connectivity index (χ2v) is 5.75. The lowest BCUT2D eigenvalue weighted by atomic mass is 10.1. The molecule has 0 aromatic heterocycles. The third kappa shape index (κ3) is 2.29. The zero-order chi connectivity index (χ0) is 11.5. The molecule has 1 aromatic rings. The summed E-state index contributed by atoms with van der Waals surface area (Å²) in [6.07, 6.45) is 1.25. The van der Waals surface area contributed by atoms with Crippen LogP contribution in [0.3, 0.4) is 0 Å². The van der Waals surface area contributed by atoms with Crippen LogP contribution in [-0.2, 0) is 0 Å². The molecule has 1 heterocycles. The molecule has 88 valence electrons. The Morgan fingerprint density at radius 1 is 1.50 bits per heavy atom. The van der Waals surface area contributed by atoms with Crippen molar-refractivity contribution in [3.05, 3.63) is 23.8 Å². The third-order valence-corrected chi connectivity index (χ3v) is 4.65. The number of rotatable bonds is 2. The number of hydrogen-bond acceptors (Lipinski definition) is 3. The lowest BCUT2D eigenvalue weighted by molar-refractivity contribution is 0.727. The van der Waals surface area contributed by atoms with Gasteiger partial charge >= 0.3 is 0 Å². The number of nitrogens with zero attached hydrogens (tertiary/aromatic N) is 1. The molecule has 0 saturated carbocycles. The molecule has 0 aliphatic carbocycles. The molecule has 16 heavy (non-hydrogen) atoms. The van der Waals surface area contributed by atoms with Crippen molar-refractivity contribution in [2.75, 3.05) is 29.5 Å². The molecule has 1 saturated heterocycles. The maximum Gasteiger partial charge on any atom is 0.0417 e. The summed E-state index contributed by atoms with van der Waals surface area (Å²) in [6.45, 7) is 6.69. The third-order valence-electron chi connectivity index (χ3n) is 3.28. The molecule has 1 unspecified atom stereocenters. The molecule has 1 aromatic carbocycles.